The van der Waals surface area contributed by atoms with Crippen molar-refractivity contribution < 1.29 is 9.53 Å². The average molecular weight is 197 g/mol. The lowest BCUT2D eigenvalue weighted by atomic mass is 9.98. The predicted molar refractivity (Wildman–Crippen MR) is 56.5 cm³/mol. The van der Waals surface area contributed by atoms with Crippen molar-refractivity contribution in [3.8, 4) is 0 Å². The molecule has 0 atom stereocenters. The van der Waals surface area contributed by atoms with E-state index in [0.717, 1.165) is 12.8 Å². The topological polar surface area (TPSA) is 38.7 Å². The van der Waals surface area contributed by atoms with Crippen LogP contribution in [0.1, 0.15) is 40.5 Å². The van der Waals surface area contributed by atoms with Crippen molar-refractivity contribution in [1.82, 2.24) is 0 Å². The van der Waals surface area contributed by atoms with Gasteiger partial charge in [0.25, 0.3) is 5.90 Å². The number of rotatable bonds is 4. The second kappa shape index (κ2) is 4.11. The summed E-state index contributed by atoms with van der Waals surface area (Å²) < 4.78 is 5.32. The predicted octanol–water partition coefficient (Wildman–Crippen LogP) is 2.20. The highest BCUT2D eigenvalue weighted by molar-refractivity contribution is 6.37. The van der Waals surface area contributed by atoms with Gasteiger partial charge in [-0.25, -0.2) is 4.99 Å². The summed E-state index contributed by atoms with van der Waals surface area (Å²) in [7, 11) is 0. The molecule has 0 spiro atoms. The molecule has 0 bridgehead atoms. The number of hydrogen-bond donors (Lipinski definition) is 0. The van der Waals surface area contributed by atoms with E-state index in [1.54, 1.807) is 0 Å². The van der Waals surface area contributed by atoms with Gasteiger partial charge in [-0.05, 0) is 26.7 Å². The molecular formula is C11H19NO2. The van der Waals surface area contributed by atoms with Crippen molar-refractivity contribution >= 4 is 11.7 Å². The van der Waals surface area contributed by atoms with Gasteiger partial charge in [-0.3, -0.25) is 4.79 Å². The van der Waals surface area contributed by atoms with E-state index in [1.165, 1.54) is 0 Å². The molecule has 0 amide bonds. The Balaban J connectivity index is 2.71. The Hall–Kier alpha value is -0.860. The van der Waals surface area contributed by atoms with Crippen LogP contribution in [0.2, 0.25) is 0 Å². The zero-order chi connectivity index (χ0) is 10.8. The number of nitrogens with zero attached hydrogens (tertiary/aromatic N) is 1. The minimum absolute atomic E-state index is 0.0700. The Morgan fingerprint density at radius 2 is 2.07 bits per heavy atom. The summed E-state index contributed by atoms with van der Waals surface area (Å²) in [5.41, 5.74) is -0.225. The first-order chi connectivity index (χ1) is 6.50. The van der Waals surface area contributed by atoms with Crippen LogP contribution < -0.4 is 0 Å². The zero-order valence-electron chi connectivity index (χ0n) is 9.46. The number of hydrogen-bond acceptors (Lipinski definition) is 3. The van der Waals surface area contributed by atoms with Crippen LogP contribution in [0.3, 0.4) is 0 Å². The van der Waals surface area contributed by atoms with E-state index >= 15 is 0 Å². The summed E-state index contributed by atoms with van der Waals surface area (Å²) >= 11 is 0. The van der Waals surface area contributed by atoms with Crippen molar-refractivity contribution in [2.75, 3.05) is 6.61 Å². The summed E-state index contributed by atoms with van der Waals surface area (Å²) in [6, 6.07) is 0. The first-order valence-corrected chi connectivity index (χ1v) is 5.27. The Morgan fingerprint density at radius 3 is 2.43 bits per heavy atom. The fourth-order valence-corrected chi connectivity index (χ4v) is 1.54. The molecule has 0 aliphatic carbocycles. The molecule has 0 fully saturated rings. The fraction of sp³-hybridized carbons (Fsp3) is 0.818. The highest BCUT2D eigenvalue weighted by Gasteiger charge is 2.32. The molecule has 1 aliphatic heterocycles. The number of carbonyl (C=O) groups excluding carboxylic acids is 1. The number of Topliss-reactive ketones (excluding diaryl/α,β-unsaturated/α-hetero) is 1. The zero-order valence-corrected chi connectivity index (χ0v) is 9.46. The molecule has 0 radical (unpaired) electrons. The van der Waals surface area contributed by atoms with Crippen molar-refractivity contribution in [3.63, 3.8) is 0 Å². The maximum Gasteiger partial charge on any atom is 0.254 e. The van der Waals surface area contributed by atoms with Crippen LogP contribution in [0.5, 0.6) is 0 Å². The third-order valence-corrected chi connectivity index (χ3v) is 2.53. The molecule has 3 heteroatoms. The quantitative estimate of drug-likeness (QED) is 0.693. The highest BCUT2D eigenvalue weighted by Crippen LogP contribution is 2.20. The fourth-order valence-electron chi connectivity index (χ4n) is 1.54. The van der Waals surface area contributed by atoms with Gasteiger partial charge >= 0.3 is 0 Å². The van der Waals surface area contributed by atoms with Gasteiger partial charge in [0.2, 0.25) is 5.78 Å². The molecule has 3 nitrogen and oxygen atoms in total. The average Bonchev–Trinajstić information content (AvgIpc) is 2.48. The molecule has 1 heterocycles. The van der Waals surface area contributed by atoms with E-state index in [0.29, 0.717) is 12.5 Å². The minimum Gasteiger partial charge on any atom is -0.473 e. The number of ketones is 1. The van der Waals surface area contributed by atoms with Gasteiger partial charge < -0.3 is 4.74 Å². The molecule has 0 saturated heterocycles. The maximum absolute atomic E-state index is 11.8. The molecule has 0 aromatic rings. The van der Waals surface area contributed by atoms with Gasteiger partial charge in [0.15, 0.2) is 0 Å². The molecule has 14 heavy (non-hydrogen) atoms. The van der Waals surface area contributed by atoms with Crippen LogP contribution in [0.25, 0.3) is 0 Å². The molecule has 0 aromatic heterocycles. The van der Waals surface area contributed by atoms with E-state index in [4.69, 9.17) is 4.74 Å². The number of carbonyl (C=O) groups is 1. The van der Waals surface area contributed by atoms with Crippen molar-refractivity contribution in [1.29, 1.82) is 0 Å². The second-order valence-corrected chi connectivity index (χ2v) is 4.40. The van der Waals surface area contributed by atoms with Crippen LogP contribution >= 0.6 is 0 Å². The van der Waals surface area contributed by atoms with Crippen molar-refractivity contribution in [2.45, 2.75) is 46.1 Å². The van der Waals surface area contributed by atoms with Gasteiger partial charge in [0.1, 0.15) is 6.61 Å². The third-order valence-electron chi connectivity index (χ3n) is 2.53. The van der Waals surface area contributed by atoms with Gasteiger partial charge in [-0.2, -0.15) is 0 Å². The largest absolute Gasteiger partial charge is 0.473 e. The van der Waals surface area contributed by atoms with E-state index in [9.17, 15) is 4.79 Å². The first kappa shape index (κ1) is 11.2. The highest BCUT2D eigenvalue weighted by atomic mass is 16.5. The van der Waals surface area contributed by atoms with E-state index < -0.39 is 0 Å². The van der Waals surface area contributed by atoms with Gasteiger partial charge in [0.05, 0.1) is 5.54 Å². The van der Waals surface area contributed by atoms with Crippen molar-refractivity contribution in [2.24, 2.45) is 10.9 Å². The lowest BCUT2D eigenvalue weighted by Crippen LogP contribution is -2.23. The maximum atomic E-state index is 11.8. The van der Waals surface area contributed by atoms with Crippen LogP contribution in [-0.4, -0.2) is 23.8 Å². The molecule has 1 rings (SSSR count). The molecule has 1 aliphatic rings. The second-order valence-electron chi connectivity index (χ2n) is 4.40. The summed E-state index contributed by atoms with van der Waals surface area (Å²) in [5, 5.41) is 0. The minimum atomic E-state index is -0.225. The van der Waals surface area contributed by atoms with Gasteiger partial charge in [-0.1, -0.05) is 13.8 Å². The summed E-state index contributed by atoms with van der Waals surface area (Å²) in [5.74, 6) is 0.479. The van der Waals surface area contributed by atoms with Crippen LogP contribution in [0.15, 0.2) is 4.99 Å². The van der Waals surface area contributed by atoms with Crippen LogP contribution in [0.4, 0.5) is 0 Å². The molecule has 0 N–H and O–H groups in total. The van der Waals surface area contributed by atoms with E-state index in [-0.39, 0.29) is 17.2 Å². The number of aliphatic imine (C=N–C) groups is 1. The first-order valence-electron chi connectivity index (χ1n) is 5.27. The number of ether oxygens (including phenoxy) is 1. The molecule has 80 valence electrons. The smallest absolute Gasteiger partial charge is 0.254 e. The normalized spacial score (nSPS) is 19.4. The summed E-state index contributed by atoms with van der Waals surface area (Å²) in [6.07, 6.45) is 1.72. The molecule has 0 unspecified atom stereocenters. The van der Waals surface area contributed by atoms with Gasteiger partial charge in [-0.15, -0.1) is 0 Å². The Labute approximate surface area is 85.6 Å². The van der Waals surface area contributed by atoms with Crippen molar-refractivity contribution in [3.05, 3.63) is 0 Å². The van der Waals surface area contributed by atoms with E-state index in [1.807, 2.05) is 27.7 Å². The summed E-state index contributed by atoms with van der Waals surface area (Å²) in [4.78, 5) is 16.1. The Morgan fingerprint density at radius 1 is 1.50 bits per heavy atom. The molecule has 0 saturated carbocycles. The monoisotopic (exact) mass is 197 g/mol. The van der Waals surface area contributed by atoms with Crippen LogP contribution in [-0.2, 0) is 9.53 Å². The Kier molecular flexibility index (Phi) is 3.29. The third kappa shape index (κ3) is 2.34. The lowest BCUT2D eigenvalue weighted by Gasteiger charge is -2.09. The van der Waals surface area contributed by atoms with Gasteiger partial charge in [0, 0.05) is 5.92 Å². The van der Waals surface area contributed by atoms with E-state index in [2.05, 4.69) is 4.99 Å². The lowest BCUT2D eigenvalue weighted by molar-refractivity contribution is -0.117. The molecular weight excluding hydrogens is 178 g/mol. The standard InChI is InChI=1S/C11H19NO2/c1-5-8(6-2)9(13)10-12-11(3,4)7-14-10/h8H,5-7H2,1-4H3. The summed E-state index contributed by atoms with van der Waals surface area (Å²) in [6.45, 7) is 8.51. The Bertz CT molecular complexity index is 252. The SMILES string of the molecule is CCC(CC)C(=O)C1=NC(C)(C)CO1. The molecule has 0 aromatic carbocycles. The van der Waals surface area contributed by atoms with Crippen LogP contribution in [0, 0.1) is 5.92 Å².